The number of aromatic nitrogens is 4. The molecule has 0 saturated carbocycles. The van der Waals surface area contributed by atoms with Crippen molar-refractivity contribution < 1.29 is 0 Å². The predicted molar refractivity (Wildman–Crippen MR) is 35.4 cm³/mol. The van der Waals surface area contributed by atoms with Gasteiger partial charge in [0.2, 0.25) is 5.82 Å². The molecule has 1 heterocycles. The number of nitrogens with two attached hydrogens (primary N) is 1. The highest BCUT2D eigenvalue weighted by Gasteiger charge is 2.00. The highest BCUT2D eigenvalue weighted by Crippen LogP contribution is 1.97. The molecule has 1 aromatic rings. The third-order valence-electron chi connectivity index (χ3n) is 0.858. The van der Waals surface area contributed by atoms with Gasteiger partial charge in [-0.3, -0.25) is 5.43 Å². The van der Waals surface area contributed by atoms with E-state index in [2.05, 4.69) is 43.1 Å². The molecule has 0 aliphatic carbocycles. The summed E-state index contributed by atoms with van der Waals surface area (Å²) in [4.78, 5) is 0. The van der Waals surface area contributed by atoms with Gasteiger partial charge in [0, 0.05) is 0 Å². The summed E-state index contributed by atoms with van der Waals surface area (Å²) >= 11 is 0. The van der Waals surface area contributed by atoms with E-state index < -0.39 is 0 Å². The standard InChI is InChI=1S/C3H6N8/c1-2(5-9-8-4)3-6-10-11-7-3/h1H2,(H2,4,9)(H,5,8)(H,6,7,10,11). The normalized spacial score (nSPS) is 10.2. The third kappa shape index (κ3) is 1.71. The molecule has 0 saturated heterocycles. The number of nitrogens with one attached hydrogen (secondary N) is 2. The van der Waals surface area contributed by atoms with Gasteiger partial charge in [-0.15, -0.1) is 10.2 Å². The fourth-order valence-corrected chi connectivity index (χ4v) is 0.429. The van der Waals surface area contributed by atoms with E-state index in [0.29, 0.717) is 11.5 Å². The van der Waals surface area contributed by atoms with Gasteiger partial charge in [-0.2, -0.15) is 5.21 Å². The van der Waals surface area contributed by atoms with E-state index in [4.69, 9.17) is 5.84 Å². The Balaban J connectivity index is 2.56. The summed E-state index contributed by atoms with van der Waals surface area (Å²) in [6.07, 6.45) is 0. The lowest BCUT2D eigenvalue weighted by molar-refractivity contribution is 0.830. The largest absolute Gasteiger partial charge is 0.303 e. The molecule has 0 amide bonds. The average molecular weight is 154 g/mol. The van der Waals surface area contributed by atoms with Crippen LogP contribution in [0.5, 0.6) is 0 Å². The van der Waals surface area contributed by atoms with Gasteiger partial charge in [0.25, 0.3) is 0 Å². The van der Waals surface area contributed by atoms with Gasteiger partial charge in [-0.05, 0) is 5.21 Å². The van der Waals surface area contributed by atoms with Crippen molar-refractivity contribution in [3.63, 3.8) is 0 Å². The summed E-state index contributed by atoms with van der Waals surface area (Å²) in [6, 6.07) is 0. The van der Waals surface area contributed by atoms with Gasteiger partial charge in [0.1, 0.15) is 0 Å². The lowest BCUT2D eigenvalue weighted by Crippen LogP contribution is -2.04. The minimum atomic E-state index is 0.317. The SMILES string of the molecule is C=C(N/N=N\N)c1nn[nH]n1. The molecule has 4 N–H and O–H groups in total. The zero-order valence-electron chi connectivity index (χ0n) is 5.52. The van der Waals surface area contributed by atoms with E-state index >= 15 is 0 Å². The lowest BCUT2D eigenvalue weighted by Gasteiger charge is -1.93. The first-order valence-corrected chi connectivity index (χ1v) is 2.63. The molecule has 0 radical (unpaired) electrons. The van der Waals surface area contributed by atoms with Crippen LogP contribution in [0.25, 0.3) is 5.70 Å². The maximum Gasteiger partial charge on any atom is 0.221 e. The topological polar surface area (TPSA) is 117 Å². The van der Waals surface area contributed by atoms with Crippen molar-refractivity contribution in [2.24, 2.45) is 16.3 Å². The number of nitrogens with zero attached hydrogens (tertiary/aromatic N) is 5. The molecular formula is C3H6N8. The quantitative estimate of drug-likeness (QED) is 0.293. The van der Waals surface area contributed by atoms with E-state index in [9.17, 15) is 0 Å². The molecule has 8 nitrogen and oxygen atoms in total. The van der Waals surface area contributed by atoms with Gasteiger partial charge in [0.15, 0.2) is 0 Å². The Kier molecular flexibility index (Phi) is 2.10. The van der Waals surface area contributed by atoms with Crippen molar-refractivity contribution in [1.82, 2.24) is 26.0 Å². The van der Waals surface area contributed by atoms with Gasteiger partial charge >= 0.3 is 0 Å². The van der Waals surface area contributed by atoms with Crippen LogP contribution in [0.3, 0.4) is 0 Å². The number of rotatable bonds is 3. The Labute approximate surface area is 61.5 Å². The molecular weight excluding hydrogens is 148 g/mol. The van der Waals surface area contributed by atoms with Crippen LogP contribution in [0.4, 0.5) is 0 Å². The van der Waals surface area contributed by atoms with Crippen LogP contribution in [0.1, 0.15) is 5.82 Å². The summed E-state index contributed by atoms with van der Waals surface area (Å²) < 4.78 is 0. The van der Waals surface area contributed by atoms with Gasteiger partial charge < -0.3 is 5.84 Å². The first-order valence-electron chi connectivity index (χ1n) is 2.63. The van der Waals surface area contributed by atoms with E-state index in [1.54, 1.807) is 0 Å². The third-order valence-corrected chi connectivity index (χ3v) is 0.858. The van der Waals surface area contributed by atoms with Crippen molar-refractivity contribution in [2.45, 2.75) is 0 Å². The summed E-state index contributed by atoms with van der Waals surface area (Å²) in [7, 11) is 0. The number of H-pyrrole nitrogens is 1. The molecule has 1 aromatic heterocycles. The van der Waals surface area contributed by atoms with E-state index in [-0.39, 0.29) is 0 Å². The Morgan fingerprint density at radius 3 is 3.09 bits per heavy atom. The Hall–Kier alpha value is -1.99. The minimum absolute atomic E-state index is 0.317. The molecule has 0 spiro atoms. The van der Waals surface area contributed by atoms with Gasteiger partial charge in [0.05, 0.1) is 5.70 Å². The maximum atomic E-state index is 4.72. The van der Waals surface area contributed by atoms with Crippen molar-refractivity contribution in [3.05, 3.63) is 12.4 Å². The second-order valence-corrected chi connectivity index (χ2v) is 1.54. The van der Waals surface area contributed by atoms with Crippen molar-refractivity contribution >= 4 is 5.70 Å². The van der Waals surface area contributed by atoms with Gasteiger partial charge in [-0.25, -0.2) is 0 Å². The van der Waals surface area contributed by atoms with Crippen molar-refractivity contribution in [2.75, 3.05) is 0 Å². The monoisotopic (exact) mass is 154 g/mol. The van der Waals surface area contributed by atoms with Crippen molar-refractivity contribution in [3.8, 4) is 0 Å². The molecule has 1 rings (SSSR count). The minimum Gasteiger partial charge on any atom is -0.303 e. The number of hydrogen-bond acceptors (Lipinski definition) is 5. The first-order chi connectivity index (χ1) is 5.34. The highest BCUT2D eigenvalue weighted by molar-refractivity contribution is 5.52. The van der Waals surface area contributed by atoms with Crippen LogP contribution in [-0.4, -0.2) is 20.6 Å². The van der Waals surface area contributed by atoms with Gasteiger partial charge in [-0.1, -0.05) is 17.0 Å². The molecule has 58 valence electrons. The highest BCUT2D eigenvalue weighted by atomic mass is 15.5. The summed E-state index contributed by atoms with van der Waals surface area (Å²) in [6.45, 7) is 3.53. The second-order valence-electron chi connectivity index (χ2n) is 1.54. The van der Waals surface area contributed by atoms with E-state index in [0.717, 1.165) is 0 Å². The molecule has 8 heteroatoms. The zero-order valence-corrected chi connectivity index (χ0v) is 5.52. The van der Waals surface area contributed by atoms with Crippen molar-refractivity contribution in [1.29, 1.82) is 0 Å². The number of tetrazole rings is 1. The predicted octanol–water partition coefficient (Wildman–Crippen LogP) is -0.999. The average Bonchev–Trinajstić information content (AvgIpc) is 2.52. The molecule has 0 aliphatic heterocycles. The molecule has 0 unspecified atom stereocenters. The number of aromatic amines is 1. The smallest absolute Gasteiger partial charge is 0.221 e. The molecule has 0 aliphatic rings. The van der Waals surface area contributed by atoms with E-state index in [1.807, 2.05) is 0 Å². The lowest BCUT2D eigenvalue weighted by atomic mass is 10.5. The van der Waals surface area contributed by atoms with Crippen LogP contribution in [0.15, 0.2) is 17.0 Å². The fourth-order valence-electron chi connectivity index (χ4n) is 0.429. The number of hydrogen-bond donors (Lipinski definition) is 3. The fraction of sp³-hybridized carbons (Fsp3) is 0. The molecule has 11 heavy (non-hydrogen) atoms. The summed E-state index contributed by atoms with van der Waals surface area (Å²) in [5.74, 6) is 5.04. The molecule has 0 atom stereocenters. The maximum absolute atomic E-state index is 4.72. The first kappa shape index (κ1) is 7.12. The Bertz CT molecular complexity index is 246. The van der Waals surface area contributed by atoms with Crippen LogP contribution in [-0.2, 0) is 0 Å². The molecule has 0 bridgehead atoms. The van der Waals surface area contributed by atoms with Crippen LogP contribution >= 0.6 is 0 Å². The van der Waals surface area contributed by atoms with Crippen LogP contribution < -0.4 is 11.3 Å². The summed E-state index contributed by atoms with van der Waals surface area (Å²) in [5.41, 5.74) is 2.76. The zero-order chi connectivity index (χ0) is 8.10. The Morgan fingerprint density at radius 1 is 1.73 bits per heavy atom. The van der Waals surface area contributed by atoms with Crippen LogP contribution in [0.2, 0.25) is 0 Å². The second kappa shape index (κ2) is 3.25. The van der Waals surface area contributed by atoms with Crippen LogP contribution in [0, 0.1) is 0 Å². The molecule has 0 fully saturated rings. The summed E-state index contributed by atoms with van der Waals surface area (Å²) in [5, 5.41) is 19.0. The molecule has 0 aromatic carbocycles. The van der Waals surface area contributed by atoms with E-state index in [1.165, 1.54) is 0 Å². The Morgan fingerprint density at radius 2 is 2.55 bits per heavy atom.